The lowest BCUT2D eigenvalue weighted by molar-refractivity contribution is 0.0128. The summed E-state index contributed by atoms with van der Waals surface area (Å²) < 4.78 is 10.2. The van der Waals surface area contributed by atoms with Gasteiger partial charge in [0.05, 0.1) is 18.3 Å². The van der Waals surface area contributed by atoms with Gasteiger partial charge in [0.2, 0.25) is 0 Å². The Hall–Kier alpha value is -1.26. The van der Waals surface area contributed by atoms with E-state index in [1.165, 1.54) is 7.11 Å². The molecule has 20 heavy (non-hydrogen) atoms. The van der Waals surface area contributed by atoms with E-state index in [1.807, 2.05) is 20.8 Å². The number of benzene rings is 1. The molecule has 1 rings (SSSR count). The Kier molecular flexibility index (Phi) is 5.84. The van der Waals surface area contributed by atoms with Gasteiger partial charge in [-0.15, -0.1) is 0 Å². The first-order valence-electron chi connectivity index (χ1n) is 6.48. The van der Waals surface area contributed by atoms with Gasteiger partial charge in [0, 0.05) is 23.9 Å². The Labute approximate surface area is 125 Å². The Balaban J connectivity index is 2.89. The molecule has 0 radical (unpaired) electrons. The number of halogens is 1. The molecule has 1 N–H and O–H groups in total. The molecular formula is C15H22ClNO3. The molecule has 1 aromatic rings. The zero-order chi connectivity index (χ0) is 15.3. The molecule has 0 bridgehead atoms. The fraction of sp³-hybridized carbons (Fsp3) is 0.533. The number of hydrogen-bond acceptors (Lipinski definition) is 4. The first-order valence-corrected chi connectivity index (χ1v) is 6.86. The third-order valence-corrected chi connectivity index (χ3v) is 3.37. The van der Waals surface area contributed by atoms with Crippen molar-refractivity contribution in [3.05, 3.63) is 28.8 Å². The van der Waals surface area contributed by atoms with E-state index in [4.69, 9.17) is 21.1 Å². The van der Waals surface area contributed by atoms with Crippen LogP contribution in [0.25, 0.3) is 0 Å². The van der Waals surface area contributed by atoms with Gasteiger partial charge in [-0.1, -0.05) is 11.6 Å². The van der Waals surface area contributed by atoms with Crippen LogP contribution in [-0.4, -0.2) is 31.8 Å². The molecule has 5 heteroatoms. The monoisotopic (exact) mass is 299 g/mol. The van der Waals surface area contributed by atoms with Crippen molar-refractivity contribution >= 4 is 23.3 Å². The second-order valence-electron chi connectivity index (χ2n) is 5.39. The van der Waals surface area contributed by atoms with E-state index in [0.29, 0.717) is 16.3 Å². The molecule has 1 unspecified atom stereocenters. The summed E-state index contributed by atoms with van der Waals surface area (Å²) in [6.07, 6.45) is 0.798. The molecule has 0 aliphatic rings. The summed E-state index contributed by atoms with van der Waals surface area (Å²) >= 11 is 5.93. The number of rotatable bonds is 6. The Morgan fingerprint density at radius 2 is 2.05 bits per heavy atom. The third kappa shape index (κ3) is 4.69. The van der Waals surface area contributed by atoms with E-state index >= 15 is 0 Å². The van der Waals surface area contributed by atoms with Crippen LogP contribution in [0.1, 0.15) is 37.6 Å². The van der Waals surface area contributed by atoms with Crippen LogP contribution in [0.15, 0.2) is 18.2 Å². The molecular weight excluding hydrogens is 278 g/mol. The molecule has 0 aromatic heterocycles. The van der Waals surface area contributed by atoms with Crippen molar-refractivity contribution in [3.63, 3.8) is 0 Å². The van der Waals surface area contributed by atoms with Crippen molar-refractivity contribution in [2.75, 3.05) is 19.5 Å². The number of anilines is 1. The second-order valence-corrected chi connectivity index (χ2v) is 5.83. The highest BCUT2D eigenvalue weighted by atomic mass is 35.5. The van der Waals surface area contributed by atoms with Gasteiger partial charge in [0.1, 0.15) is 0 Å². The maximum Gasteiger partial charge on any atom is 0.340 e. The zero-order valence-electron chi connectivity index (χ0n) is 12.6. The van der Waals surface area contributed by atoms with Crippen molar-refractivity contribution in [1.29, 1.82) is 0 Å². The molecule has 0 aliphatic carbocycles. The van der Waals surface area contributed by atoms with E-state index in [-0.39, 0.29) is 11.6 Å². The van der Waals surface area contributed by atoms with Crippen LogP contribution in [0, 0.1) is 0 Å². The number of carbonyl (C=O) groups is 1. The molecule has 0 amide bonds. The van der Waals surface area contributed by atoms with E-state index in [0.717, 1.165) is 6.42 Å². The van der Waals surface area contributed by atoms with Crippen LogP contribution in [0.2, 0.25) is 5.02 Å². The summed E-state index contributed by atoms with van der Waals surface area (Å²) in [6, 6.07) is 5.26. The van der Waals surface area contributed by atoms with Gasteiger partial charge in [-0.25, -0.2) is 4.79 Å². The van der Waals surface area contributed by atoms with Crippen LogP contribution in [-0.2, 0) is 9.47 Å². The second kappa shape index (κ2) is 6.95. The molecule has 4 nitrogen and oxygen atoms in total. The highest BCUT2D eigenvalue weighted by Crippen LogP contribution is 2.24. The summed E-state index contributed by atoms with van der Waals surface area (Å²) in [5.74, 6) is -0.409. The minimum Gasteiger partial charge on any atom is -0.465 e. The van der Waals surface area contributed by atoms with Crippen LogP contribution in [0.5, 0.6) is 0 Å². The van der Waals surface area contributed by atoms with E-state index in [9.17, 15) is 4.79 Å². The summed E-state index contributed by atoms with van der Waals surface area (Å²) in [6.45, 7) is 6.08. The van der Waals surface area contributed by atoms with Gasteiger partial charge in [-0.2, -0.15) is 0 Å². The molecule has 0 aliphatic heterocycles. The summed E-state index contributed by atoms with van der Waals surface area (Å²) in [5, 5.41) is 3.80. The number of ether oxygens (including phenoxy) is 2. The van der Waals surface area contributed by atoms with Crippen LogP contribution in [0.3, 0.4) is 0 Å². The third-order valence-electron chi connectivity index (χ3n) is 3.14. The molecule has 0 saturated heterocycles. The minimum atomic E-state index is -0.409. The van der Waals surface area contributed by atoms with E-state index < -0.39 is 5.97 Å². The normalized spacial score (nSPS) is 12.9. The fourth-order valence-electron chi connectivity index (χ4n) is 2.06. The number of carbonyl (C=O) groups excluding carboxylic acids is 1. The van der Waals surface area contributed by atoms with Crippen molar-refractivity contribution in [3.8, 4) is 0 Å². The Bertz CT molecular complexity index is 474. The zero-order valence-corrected chi connectivity index (χ0v) is 13.4. The maximum absolute atomic E-state index is 11.8. The molecule has 0 saturated carbocycles. The van der Waals surface area contributed by atoms with Gasteiger partial charge in [-0.05, 0) is 45.4 Å². The molecule has 0 spiro atoms. The van der Waals surface area contributed by atoms with Crippen molar-refractivity contribution in [2.24, 2.45) is 0 Å². The number of hydrogen-bond donors (Lipinski definition) is 1. The van der Waals surface area contributed by atoms with Crippen molar-refractivity contribution in [2.45, 2.75) is 38.8 Å². The lowest BCUT2D eigenvalue weighted by Crippen LogP contribution is -2.31. The average molecular weight is 300 g/mol. The summed E-state index contributed by atoms with van der Waals surface area (Å²) in [7, 11) is 3.04. The van der Waals surface area contributed by atoms with Gasteiger partial charge in [-0.3, -0.25) is 0 Å². The number of nitrogens with one attached hydrogen (secondary N) is 1. The highest BCUT2D eigenvalue weighted by Gasteiger charge is 2.21. The lowest BCUT2D eigenvalue weighted by Gasteiger charge is -2.28. The number of methoxy groups -OCH3 is 2. The van der Waals surface area contributed by atoms with Crippen molar-refractivity contribution in [1.82, 2.24) is 0 Å². The quantitative estimate of drug-likeness (QED) is 0.813. The molecule has 1 atom stereocenters. The molecule has 0 fully saturated rings. The summed E-state index contributed by atoms with van der Waals surface area (Å²) in [4.78, 5) is 11.8. The predicted molar refractivity (Wildman–Crippen MR) is 81.6 cm³/mol. The fourth-order valence-corrected chi connectivity index (χ4v) is 2.23. The van der Waals surface area contributed by atoms with Gasteiger partial charge >= 0.3 is 5.97 Å². The first kappa shape index (κ1) is 16.8. The molecule has 0 heterocycles. The Morgan fingerprint density at radius 1 is 1.40 bits per heavy atom. The van der Waals surface area contributed by atoms with Crippen molar-refractivity contribution < 1.29 is 14.3 Å². The maximum atomic E-state index is 11.8. The predicted octanol–water partition coefficient (Wildman–Crippen LogP) is 3.74. The standard InChI is InChI=1S/C15H22ClNO3/c1-10(9-15(2,3)20-5)17-13-7-6-11(16)8-12(13)14(18)19-4/h6-8,10,17H,9H2,1-5H3. The number of esters is 1. The van der Waals surface area contributed by atoms with Crippen LogP contribution < -0.4 is 5.32 Å². The highest BCUT2D eigenvalue weighted by molar-refractivity contribution is 6.31. The van der Waals surface area contributed by atoms with Crippen LogP contribution >= 0.6 is 11.6 Å². The molecule has 112 valence electrons. The minimum absolute atomic E-state index is 0.134. The summed E-state index contributed by atoms with van der Waals surface area (Å²) in [5.41, 5.74) is 0.910. The van der Waals surface area contributed by atoms with Gasteiger partial charge < -0.3 is 14.8 Å². The van der Waals surface area contributed by atoms with E-state index in [1.54, 1.807) is 25.3 Å². The van der Waals surface area contributed by atoms with Gasteiger partial charge in [0.15, 0.2) is 0 Å². The lowest BCUT2D eigenvalue weighted by atomic mass is 9.99. The van der Waals surface area contributed by atoms with Gasteiger partial charge in [0.25, 0.3) is 0 Å². The molecule has 1 aromatic carbocycles. The Morgan fingerprint density at radius 3 is 2.60 bits per heavy atom. The largest absolute Gasteiger partial charge is 0.465 e. The van der Waals surface area contributed by atoms with Crippen LogP contribution in [0.4, 0.5) is 5.69 Å². The van der Waals surface area contributed by atoms with E-state index in [2.05, 4.69) is 5.32 Å². The smallest absolute Gasteiger partial charge is 0.340 e. The average Bonchev–Trinajstić information content (AvgIpc) is 2.39. The topological polar surface area (TPSA) is 47.6 Å². The first-order chi connectivity index (χ1) is 9.29. The SMILES string of the molecule is COC(=O)c1cc(Cl)ccc1NC(C)CC(C)(C)OC.